The first kappa shape index (κ1) is 13.1. The standard InChI is InChI=1S/C9H18N4O2S/c1-13-9(3-6-11-13)4-7-12-16(14,15)8-2-5-10/h3,6,12H,2,4-5,7-8,10H2,1H3. The van der Waals surface area contributed by atoms with E-state index in [4.69, 9.17) is 5.73 Å². The Hall–Kier alpha value is -0.920. The number of aryl methyl sites for hydroxylation is 1. The molecule has 0 bridgehead atoms. The minimum Gasteiger partial charge on any atom is -0.330 e. The number of hydrogen-bond donors (Lipinski definition) is 2. The largest absolute Gasteiger partial charge is 0.330 e. The highest BCUT2D eigenvalue weighted by molar-refractivity contribution is 7.89. The van der Waals surface area contributed by atoms with E-state index in [1.54, 1.807) is 10.9 Å². The van der Waals surface area contributed by atoms with Crippen LogP contribution in [0.3, 0.4) is 0 Å². The van der Waals surface area contributed by atoms with Crippen LogP contribution in [0.2, 0.25) is 0 Å². The van der Waals surface area contributed by atoms with E-state index in [-0.39, 0.29) is 5.75 Å². The van der Waals surface area contributed by atoms with E-state index in [2.05, 4.69) is 9.82 Å². The Kier molecular flexibility index (Phi) is 4.91. The number of hydrogen-bond acceptors (Lipinski definition) is 4. The third-order valence-electron chi connectivity index (χ3n) is 2.24. The van der Waals surface area contributed by atoms with Gasteiger partial charge in [0.05, 0.1) is 5.75 Å². The van der Waals surface area contributed by atoms with E-state index < -0.39 is 10.0 Å². The molecule has 0 aliphatic carbocycles. The van der Waals surface area contributed by atoms with Crippen LogP contribution < -0.4 is 10.5 Å². The van der Waals surface area contributed by atoms with Crippen molar-refractivity contribution in [3.8, 4) is 0 Å². The van der Waals surface area contributed by atoms with Crippen molar-refractivity contribution in [2.45, 2.75) is 12.8 Å². The lowest BCUT2D eigenvalue weighted by Crippen LogP contribution is -2.29. The van der Waals surface area contributed by atoms with Crippen LogP contribution in [0.5, 0.6) is 0 Å². The third kappa shape index (κ3) is 4.30. The topological polar surface area (TPSA) is 90.0 Å². The molecule has 7 heteroatoms. The molecule has 0 spiro atoms. The number of aromatic nitrogens is 2. The van der Waals surface area contributed by atoms with Gasteiger partial charge in [-0.3, -0.25) is 4.68 Å². The number of nitrogens with two attached hydrogens (primary N) is 1. The zero-order valence-electron chi connectivity index (χ0n) is 9.39. The van der Waals surface area contributed by atoms with Crippen molar-refractivity contribution in [2.24, 2.45) is 12.8 Å². The average Bonchev–Trinajstić information content (AvgIpc) is 2.62. The summed E-state index contributed by atoms with van der Waals surface area (Å²) in [4.78, 5) is 0. The van der Waals surface area contributed by atoms with Gasteiger partial charge in [-0.1, -0.05) is 0 Å². The van der Waals surface area contributed by atoms with Crippen LogP contribution in [0.25, 0.3) is 0 Å². The predicted octanol–water partition coefficient (Wildman–Crippen LogP) is -0.769. The Morgan fingerprint density at radius 3 is 2.88 bits per heavy atom. The van der Waals surface area contributed by atoms with Crippen molar-refractivity contribution in [1.29, 1.82) is 0 Å². The highest BCUT2D eigenvalue weighted by atomic mass is 32.2. The number of rotatable bonds is 7. The third-order valence-corrected chi connectivity index (χ3v) is 3.71. The fraction of sp³-hybridized carbons (Fsp3) is 0.667. The van der Waals surface area contributed by atoms with Gasteiger partial charge in [0.15, 0.2) is 0 Å². The molecule has 0 aliphatic heterocycles. The molecule has 6 nitrogen and oxygen atoms in total. The summed E-state index contributed by atoms with van der Waals surface area (Å²) in [7, 11) is -1.34. The molecule has 92 valence electrons. The molecule has 3 N–H and O–H groups in total. The van der Waals surface area contributed by atoms with E-state index in [0.29, 0.717) is 25.9 Å². The Labute approximate surface area is 95.9 Å². The van der Waals surface area contributed by atoms with Crippen molar-refractivity contribution in [3.63, 3.8) is 0 Å². The van der Waals surface area contributed by atoms with Crippen molar-refractivity contribution in [3.05, 3.63) is 18.0 Å². The van der Waals surface area contributed by atoms with Crippen LogP contribution in [0, 0.1) is 0 Å². The highest BCUT2D eigenvalue weighted by Gasteiger charge is 2.08. The molecule has 1 aromatic heterocycles. The summed E-state index contributed by atoms with van der Waals surface area (Å²) >= 11 is 0. The van der Waals surface area contributed by atoms with Crippen molar-refractivity contribution >= 4 is 10.0 Å². The Bertz CT molecular complexity index is 413. The van der Waals surface area contributed by atoms with Crippen LogP contribution in [-0.2, 0) is 23.5 Å². The first-order chi connectivity index (χ1) is 7.55. The summed E-state index contributed by atoms with van der Waals surface area (Å²) < 4.78 is 27.1. The summed E-state index contributed by atoms with van der Waals surface area (Å²) in [6.45, 7) is 0.787. The normalized spacial score (nSPS) is 11.9. The molecule has 0 saturated carbocycles. The summed E-state index contributed by atoms with van der Waals surface area (Å²) in [6.07, 6.45) is 2.82. The Morgan fingerprint density at radius 2 is 2.31 bits per heavy atom. The molecule has 1 heterocycles. The van der Waals surface area contributed by atoms with Gasteiger partial charge in [0.25, 0.3) is 0 Å². The zero-order chi connectivity index (χ0) is 12.0. The minimum absolute atomic E-state index is 0.0921. The van der Waals surface area contributed by atoms with Gasteiger partial charge in [-0.15, -0.1) is 0 Å². The van der Waals surface area contributed by atoms with Crippen LogP contribution in [-0.4, -0.2) is 37.0 Å². The quantitative estimate of drug-likeness (QED) is 0.661. The van der Waals surface area contributed by atoms with Crippen molar-refractivity contribution < 1.29 is 8.42 Å². The minimum atomic E-state index is -3.17. The van der Waals surface area contributed by atoms with Gasteiger partial charge in [-0.25, -0.2) is 13.1 Å². The second-order valence-corrected chi connectivity index (χ2v) is 5.48. The number of sulfonamides is 1. The molecule has 0 amide bonds. The van der Waals surface area contributed by atoms with Gasteiger partial charge >= 0.3 is 0 Å². The summed E-state index contributed by atoms with van der Waals surface area (Å²) in [5, 5.41) is 4.00. The van der Waals surface area contributed by atoms with Crippen molar-refractivity contribution in [2.75, 3.05) is 18.8 Å². The van der Waals surface area contributed by atoms with Crippen LogP contribution in [0.1, 0.15) is 12.1 Å². The number of nitrogens with zero attached hydrogens (tertiary/aromatic N) is 2. The average molecular weight is 246 g/mol. The molecule has 0 aromatic carbocycles. The molecule has 0 fully saturated rings. The van der Waals surface area contributed by atoms with E-state index >= 15 is 0 Å². The molecular formula is C9H18N4O2S. The monoisotopic (exact) mass is 246 g/mol. The zero-order valence-corrected chi connectivity index (χ0v) is 10.2. The summed E-state index contributed by atoms with van der Waals surface area (Å²) in [5.74, 6) is 0.0921. The molecule has 16 heavy (non-hydrogen) atoms. The lowest BCUT2D eigenvalue weighted by Gasteiger charge is -2.06. The SMILES string of the molecule is Cn1nccc1CCNS(=O)(=O)CCCN. The van der Waals surface area contributed by atoms with E-state index in [9.17, 15) is 8.42 Å². The maximum atomic E-state index is 11.4. The Balaban J connectivity index is 2.33. The Morgan fingerprint density at radius 1 is 1.56 bits per heavy atom. The molecule has 0 atom stereocenters. The molecule has 0 unspecified atom stereocenters. The van der Waals surface area contributed by atoms with Gasteiger partial charge in [-0.2, -0.15) is 5.10 Å². The van der Waals surface area contributed by atoms with Crippen LogP contribution in [0.4, 0.5) is 0 Å². The van der Waals surface area contributed by atoms with Crippen LogP contribution in [0.15, 0.2) is 12.3 Å². The van der Waals surface area contributed by atoms with Gasteiger partial charge in [0.1, 0.15) is 0 Å². The first-order valence-electron chi connectivity index (χ1n) is 5.19. The number of nitrogens with one attached hydrogen (secondary N) is 1. The molecule has 0 radical (unpaired) electrons. The maximum Gasteiger partial charge on any atom is 0.211 e. The van der Waals surface area contributed by atoms with Crippen molar-refractivity contribution in [1.82, 2.24) is 14.5 Å². The lowest BCUT2D eigenvalue weighted by atomic mass is 10.3. The van der Waals surface area contributed by atoms with E-state index in [0.717, 1.165) is 5.69 Å². The predicted molar refractivity (Wildman–Crippen MR) is 62.4 cm³/mol. The summed E-state index contributed by atoms with van der Waals surface area (Å²) in [5.41, 5.74) is 6.26. The molecule has 0 saturated heterocycles. The van der Waals surface area contributed by atoms with Gasteiger partial charge in [0.2, 0.25) is 10.0 Å². The lowest BCUT2D eigenvalue weighted by molar-refractivity contribution is 0.577. The smallest absolute Gasteiger partial charge is 0.211 e. The fourth-order valence-corrected chi connectivity index (χ4v) is 2.43. The van der Waals surface area contributed by atoms with Crippen LogP contribution >= 0.6 is 0 Å². The molecular weight excluding hydrogens is 228 g/mol. The van der Waals surface area contributed by atoms with Gasteiger partial charge in [-0.05, 0) is 19.0 Å². The molecule has 1 rings (SSSR count). The first-order valence-corrected chi connectivity index (χ1v) is 6.84. The second kappa shape index (κ2) is 5.97. The van der Waals surface area contributed by atoms with E-state index in [1.165, 1.54) is 0 Å². The molecule has 0 aliphatic rings. The molecule has 1 aromatic rings. The van der Waals surface area contributed by atoms with Gasteiger partial charge in [0, 0.05) is 31.9 Å². The maximum absolute atomic E-state index is 11.4. The fourth-order valence-electron chi connectivity index (χ4n) is 1.33. The van der Waals surface area contributed by atoms with Gasteiger partial charge < -0.3 is 5.73 Å². The second-order valence-electron chi connectivity index (χ2n) is 3.55. The van der Waals surface area contributed by atoms with E-state index in [1.807, 2.05) is 13.1 Å². The highest BCUT2D eigenvalue weighted by Crippen LogP contribution is 1.97. The summed E-state index contributed by atoms with van der Waals surface area (Å²) in [6, 6.07) is 1.87.